The third-order valence-corrected chi connectivity index (χ3v) is 5.26. The van der Waals surface area contributed by atoms with Crippen molar-refractivity contribution in [2.24, 2.45) is 0 Å². The third-order valence-electron chi connectivity index (χ3n) is 5.03. The zero-order valence-electron chi connectivity index (χ0n) is 14.6. The molecule has 27 heavy (non-hydrogen) atoms. The van der Waals surface area contributed by atoms with Gasteiger partial charge in [-0.05, 0) is 54.4 Å². The first kappa shape index (κ1) is 18.0. The van der Waals surface area contributed by atoms with E-state index in [2.05, 4.69) is 9.47 Å². The van der Waals surface area contributed by atoms with E-state index >= 15 is 0 Å². The predicted octanol–water partition coefficient (Wildman–Crippen LogP) is 5.12. The van der Waals surface area contributed by atoms with Crippen LogP contribution in [-0.4, -0.2) is 21.1 Å². The van der Waals surface area contributed by atoms with Crippen molar-refractivity contribution in [2.45, 2.75) is 25.6 Å². The second-order valence-electron chi connectivity index (χ2n) is 6.80. The van der Waals surface area contributed by atoms with Gasteiger partial charge in [0.2, 0.25) is 0 Å². The lowest BCUT2D eigenvalue weighted by Gasteiger charge is -2.31. The third kappa shape index (κ3) is 3.57. The Balaban J connectivity index is 1.78. The quantitative estimate of drug-likeness (QED) is 0.674. The normalized spacial score (nSPS) is 17.5. The van der Waals surface area contributed by atoms with Crippen LogP contribution in [0.2, 0.25) is 5.02 Å². The van der Waals surface area contributed by atoms with Gasteiger partial charge in [-0.1, -0.05) is 17.7 Å². The van der Waals surface area contributed by atoms with E-state index in [1.54, 1.807) is 24.3 Å². The van der Waals surface area contributed by atoms with Gasteiger partial charge >= 0.3 is 0 Å². The van der Waals surface area contributed by atoms with Crippen LogP contribution in [0.25, 0.3) is 0 Å². The number of rotatable bonds is 3. The number of phenolic OH excluding ortho intramolecular Hbond substituents is 1. The van der Waals surface area contributed by atoms with Crippen LogP contribution in [0.4, 0.5) is 8.78 Å². The van der Waals surface area contributed by atoms with Crippen molar-refractivity contribution in [3.8, 4) is 5.75 Å². The number of hydrogen-bond donors (Lipinski definition) is 1. The van der Waals surface area contributed by atoms with Crippen LogP contribution in [0.15, 0.2) is 54.7 Å². The molecular weight excluding hydrogens is 370 g/mol. The van der Waals surface area contributed by atoms with E-state index in [-0.39, 0.29) is 11.8 Å². The summed E-state index contributed by atoms with van der Waals surface area (Å²) >= 11 is 6.10. The lowest BCUT2D eigenvalue weighted by atomic mass is 10.0. The molecule has 4 rings (SSSR count). The highest BCUT2D eigenvalue weighted by Gasteiger charge is 2.28. The van der Waals surface area contributed by atoms with Crippen LogP contribution < -0.4 is 0 Å². The molecule has 3 aromatic rings. The second kappa shape index (κ2) is 7.33. The average molecular weight is 389 g/mol. The molecule has 2 aromatic carbocycles. The van der Waals surface area contributed by atoms with Gasteiger partial charge in [-0.2, -0.15) is 0 Å². The number of fused-ring (bicyclic) bond motifs is 1. The first-order valence-corrected chi connectivity index (χ1v) is 9.22. The van der Waals surface area contributed by atoms with Crippen LogP contribution in [-0.2, 0) is 13.1 Å². The molecule has 0 saturated heterocycles. The molecule has 1 atom stereocenters. The van der Waals surface area contributed by atoms with E-state index in [1.165, 1.54) is 6.07 Å². The van der Waals surface area contributed by atoms with Crippen molar-refractivity contribution in [2.75, 3.05) is 6.54 Å². The van der Waals surface area contributed by atoms with E-state index in [0.29, 0.717) is 22.7 Å². The number of aromatic nitrogens is 1. The van der Waals surface area contributed by atoms with E-state index < -0.39 is 11.6 Å². The molecule has 6 heteroatoms. The van der Waals surface area contributed by atoms with Crippen molar-refractivity contribution in [1.82, 2.24) is 9.47 Å². The summed E-state index contributed by atoms with van der Waals surface area (Å²) in [4.78, 5) is 2.16. The SMILES string of the molecule is Oc1ccc(Cl)cc1CN1CCCn2cccc2C1c1ccc(F)c(F)c1. The molecule has 140 valence electrons. The standard InChI is InChI=1S/C21H19ClF2N2O/c22-16-5-7-20(27)15(11-16)13-26-10-2-9-25-8-1-3-19(25)21(26)14-4-6-17(23)18(24)12-14/h1,3-8,11-12,21,27H,2,9-10,13H2. The zero-order chi connectivity index (χ0) is 19.0. The lowest BCUT2D eigenvalue weighted by Crippen LogP contribution is -2.29. The van der Waals surface area contributed by atoms with E-state index in [4.69, 9.17) is 11.6 Å². The van der Waals surface area contributed by atoms with Crippen LogP contribution in [0.5, 0.6) is 5.75 Å². The largest absolute Gasteiger partial charge is 0.508 e. The smallest absolute Gasteiger partial charge is 0.159 e. The first-order valence-electron chi connectivity index (χ1n) is 8.84. The molecule has 0 saturated carbocycles. The summed E-state index contributed by atoms with van der Waals surface area (Å²) in [5.41, 5.74) is 2.40. The van der Waals surface area contributed by atoms with E-state index in [0.717, 1.165) is 31.3 Å². The molecule has 0 aliphatic carbocycles. The predicted molar refractivity (Wildman–Crippen MR) is 101 cm³/mol. The van der Waals surface area contributed by atoms with Gasteiger partial charge in [0.05, 0.1) is 6.04 Å². The van der Waals surface area contributed by atoms with Crippen LogP contribution in [0.1, 0.15) is 29.3 Å². The molecule has 0 amide bonds. The number of aryl methyl sites for hydroxylation is 1. The van der Waals surface area contributed by atoms with Gasteiger partial charge < -0.3 is 9.67 Å². The highest BCUT2D eigenvalue weighted by Crippen LogP contribution is 2.35. The summed E-state index contributed by atoms with van der Waals surface area (Å²) in [7, 11) is 0. The number of aromatic hydroxyl groups is 1. The van der Waals surface area contributed by atoms with Crippen LogP contribution in [0.3, 0.4) is 0 Å². The number of hydrogen-bond acceptors (Lipinski definition) is 2. The monoisotopic (exact) mass is 388 g/mol. The molecule has 1 unspecified atom stereocenters. The van der Waals surface area contributed by atoms with E-state index in [9.17, 15) is 13.9 Å². The molecule has 0 spiro atoms. The fourth-order valence-corrected chi connectivity index (χ4v) is 3.97. The summed E-state index contributed by atoms with van der Waals surface area (Å²) in [6.07, 6.45) is 2.91. The molecule has 1 aliphatic heterocycles. The number of halogens is 3. The average Bonchev–Trinajstić information content (AvgIpc) is 3.02. The molecule has 1 aliphatic rings. The number of benzene rings is 2. The van der Waals surface area contributed by atoms with Gasteiger partial charge in [0, 0.05) is 42.1 Å². The van der Waals surface area contributed by atoms with Gasteiger partial charge in [-0.25, -0.2) is 8.78 Å². The number of phenols is 1. The highest BCUT2D eigenvalue weighted by atomic mass is 35.5. The Kier molecular flexibility index (Phi) is 4.89. The van der Waals surface area contributed by atoms with Gasteiger partial charge in [0.25, 0.3) is 0 Å². The van der Waals surface area contributed by atoms with Gasteiger partial charge in [0.1, 0.15) is 5.75 Å². The Morgan fingerprint density at radius 1 is 1.04 bits per heavy atom. The van der Waals surface area contributed by atoms with Gasteiger partial charge in [0.15, 0.2) is 11.6 Å². The molecule has 1 aromatic heterocycles. The van der Waals surface area contributed by atoms with Crippen molar-refractivity contribution in [3.63, 3.8) is 0 Å². The van der Waals surface area contributed by atoms with Crippen LogP contribution >= 0.6 is 11.6 Å². The summed E-state index contributed by atoms with van der Waals surface area (Å²) in [5.74, 6) is -1.55. The molecule has 3 nitrogen and oxygen atoms in total. The Hall–Kier alpha value is -2.37. The maximum atomic E-state index is 14.0. The Bertz CT molecular complexity index is 973. The van der Waals surface area contributed by atoms with Crippen molar-refractivity contribution in [1.29, 1.82) is 0 Å². The fraction of sp³-hybridized carbons (Fsp3) is 0.238. The molecule has 0 bridgehead atoms. The summed E-state index contributed by atoms with van der Waals surface area (Å²) in [6.45, 7) is 2.04. The van der Waals surface area contributed by atoms with Gasteiger partial charge in [-0.3, -0.25) is 4.90 Å². The van der Waals surface area contributed by atoms with Crippen molar-refractivity contribution >= 4 is 11.6 Å². The maximum absolute atomic E-state index is 14.0. The van der Waals surface area contributed by atoms with Gasteiger partial charge in [-0.15, -0.1) is 0 Å². The summed E-state index contributed by atoms with van der Waals surface area (Å²) < 4.78 is 29.6. The Labute approximate surface area is 161 Å². The molecule has 2 heterocycles. The minimum atomic E-state index is -0.861. The second-order valence-corrected chi connectivity index (χ2v) is 7.24. The minimum absolute atomic E-state index is 0.170. The zero-order valence-corrected chi connectivity index (χ0v) is 15.3. The summed E-state index contributed by atoms with van der Waals surface area (Å²) in [6, 6.07) is 12.7. The van der Waals surface area contributed by atoms with E-state index in [1.807, 2.05) is 18.3 Å². The first-order chi connectivity index (χ1) is 13.0. The van der Waals surface area contributed by atoms with Crippen molar-refractivity contribution in [3.05, 3.63) is 88.2 Å². The van der Waals surface area contributed by atoms with Crippen molar-refractivity contribution < 1.29 is 13.9 Å². The molecule has 1 N–H and O–H groups in total. The number of nitrogens with zero attached hydrogens (tertiary/aromatic N) is 2. The molecule has 0 fully saturated rings. The topological polar surface area (TPSA) is 28.4 Å². The Morgan fingerprint density at radius 2 is 1.89 bits per heavy atom. The maximum Gasteiger partial charge on any atom is 0.159 e. The Morgan fingerprint density at radius 3 is 2.70 bits per heavy atom. The minimum Gasteiger partial charge on any atom is -0.508 e. The summed E-state index contributed by atoms with van der Waals surface area (Å²) in [5, 5.41) is 10.8. The lowest BCUT2D eigenvalue weighted by molar-refractivity contribution is 0.217. The fourth-order valence-electron chi connectivity index (χ4n) is 3.77. The molecule has 0 radical (unpaired) electrons. The van der Waals surface area contributed by atoms with Crippen LogP contribution in [0, 0.1) is 11.6 Å². The molecular formula is C21H19ClF2N2O. The highest BCUT2D eigenvalue weighted by molar-refractivity contribution is 6.30.